The fraction of sp³-hybridized carbons (Fsp3) is 0.333. The molecule has 0 fully saturated rings. The molecule has 0 bridgehead atoms. The predicted octanol–water partition coefficient (Wildman–Crippen LogP) is 1.98. The van der Waals surface area contributed by atoms with Gasteiger partial charge in [0.1, 0.15) is 0 Å². The average molecular weight is 182 g/mol. The Bertz CT molecular complexity index is 231. The summed E-state index contributed by atoms with van der Waals surface area (Å²) in [4.78, 5) is 0. The van der Waals surface area contributed by atoms with E-state index in [4.69, 9.17) is 5.73 Å². The van der Waals surface area contributed by atoms with Gasteiger partial charge in [-0.05, 0) is 31.8 Å². The quantitative estimate of drug-likeness (QED) is 0.572. The molecule has 2 nitrogen and oxygen atoms in total. The summed E-state index contributed by atoms with van der Waals surface area (Å²) >= 11 is 1.78. The maximum atomic E-state index is 5.57. The van der Waals surface area contributed by atoms with E-state index in [1.54, 1.807) is 11.9 Å². The molecule has 3 heteroatoms. The molecule has 1 rings (SSSR count). The number of benzene rings is 1. The maximum Gasteiger partial charge on any atom is 0.0332 e. The van der Waals surface area contributed by atoms with Crippen LogP contribution in [-0.2, 0) is 5.75 Å². The van der Waals surface area contributed by atoms with Crippen molar-refractivity contribution in [2.75, 3.05) is 19.8 Å². The Morgan fingerprint density at radius 3 is 2.33 bits per heavy atom. The van der Waals surface area contributed by atoms with E-state index in [9.17, 15) is 0 Å². The van der Waals surface area contributed by atoms with Crippen molar-refractivity contribution in [1.82, 2.24) is 4.31 Å². The van der Waals surface area contributed by atoms with Crippen LogP contribution in [0.15, 0.2) is 24.3 Å². The molecule has 66 valence electrons. The van der Waals surface area contributed by atoms with Crippen LogP contribution in [0.4, 0.5) is 5.69 Å². The van der Waals surface area contributed by atoms with Gasteiger partial charge in [0, 0.05) is 11.4 Å². The fourth-order valence-corrected chi connectivity index (χ4v) is 1.42. The first-order valence-electron chi connectivity index (χ1n) is 3.83. The van der Waals surface area contributed by atoms with Gasteiger partial charge in [-0.1, -0.05) is 24.1 Å². The zero-order valence-electron chi connectivity index (χ0n) is 7.45. The lowest BCUT2D eigenvalue weighted by Crippen LogP contribution is -1.99. The second-order valence-corrected chi connectivity index (χ2v) is 4.10. The normalized spacial score (nSPS) is 10.6. The van der Waals surface area contributed by atoms with Crippen molar-refractivity contribution < 1.29 is 0 Å². The van der Waals surface area contributed by atoms with Crippen LogP contribution in [0.25, 0.3) is 0 Å². The molecule has 0 heterocycles. The van der Waals surface area contributed by atoms with Crippen molar-refractivity contribution in [3.8, 4) is 0 Å². The third-order valence-electron chi connectivity index (χ3n) is 1.47. The summed E-state index contributed by atoms with van der Waals surface area (Å²) in [5, 5.41) is 0. The van der Waals surface area contributed by atoms with E-state index in [0.29, 0.717) is 0 Å². The summed E-state index contributed by atoms with van der Waals surface area (Å²) in [6.07, 6.45) is 0. The lowest BCUT2D eigenvalue weighted by molar-refractivity contribution is 0.702. The second kappa shape index (κ2) is 4.38. The third kappa shape index (κ3) is 3.15. The Morgan fingerprint density at radius 1 is 1.25 bits per heavy atom. The smallest absolute Gasteiger partial charge is 0.0332 e. The zero-order valence-corrected chi connectivity index (χ0v) is 8.27. The van der Waals surface area contributed by atoms with Gasteiger partial charge in [-0.2, -0.15) is 0 Å². The molecule has 0 unspecified atom stereocenters. The third-order valence-corrected chi connectivity index (χ3v) is 2.45. The van der Waals surface area contributed by atoms with Crippen LogP contribution in [0.1, 0.15) is 5.56 Å². The van der Waals surface area contributed by atoms with Crippen LogP contribution < -0.4 is 5.73 Å². The molecule has 0 amide bonds. The summed E-state index contributed by atoms with van der Waals surface area (Å²) in [6.45, 7) is 0. The van der Waals surface area contributed by atoms with Crippen LogP contribution in [-0.4, -0.2) is 18.4 Å². The summed E-state index contributed by atoms with van der Waals surface area (Å²) < 4.78 is 2.09. The first-order chi connectivity index (χ1) is 5.68. The van der Waals surface area contributed by atoms with Gasteiger partial charge in [-0.25, -0.2) is 0 Å². The first-order valence-corrected chi connectivity index (χ1v) is 4.77. The SMILES string of the molecule is CN(C)SCc1ccc(N)cc1. The molecule has 0 aliphatic heterocycles. The van der Waals surface area contributed by atoms with Gasteiger partial charge >= 0.3 is 0 Å². The number of nitrogens with zero attached hydrogens (tertiary/aromatic N) is 1. The van der Waals surface area contributed by atoms with Gasteiger partial charge in [0.05, 0.1) is 0 Å². The molecule has 2 N–H and O–H groups in total. The monoisotopic (exact) mass is 182 g/mol. The van der Waals surface area contributed by atoms with Crippen LogP contribution >= 0.6 is 11.9 Å². The van der Waals surface area contributed by atoms with Crippen molar-refractivity contribution >= 4 is 17.6 Å². The van der Waals surface area contributed by atoms with Crippen LogP contribution in [0.3, 0.4) is 0 Å². The van der Waals surface area contributed by atoms with Crippen LogP contribution in [0.5, 0.6) is 0 Å². The molecule has 0 spiro atoms. The van der Waals surface area contributed by atoms with E-state index >= 15 is 0 Å². The lowest BCUT2D eigenvalue weighted by Gasteiger charge is -2.07. The molecule has 0 aromatic heterocycles. The Labute approximate surface area is 77.9 Å². The maximum absolute atomic E-state index is 5.57. The predicted molar refractivity (Wildman–Crippen MR) is 55.8 cm³/mol. The highest BCUT2D eigenvalue weighted by atomic mass is 32.2. The molecule has 0 saturated heterocycles. The Kier molecular flexibility index (Phi) is 3.44. The van der Waals surface area contributed by atoms with Crippen molar-refractivity contribution in [1.29, 1.82) is 0 Å². The van der Waals surface area contributed by atoms with Gasteiger partial charge in [0.25, 0.3) is 0 Å². The molecular formula is C9H14N2S. The Balaban J connectivity index is 2.48. The van der Waals surface area contributed by atoms with Crippen LogP contribution in [0, 0.1) is 0 Å². The summed E-state index contributed by atoms with van der Waals surface area (Å²) in [7, 11) is 4.09. The standard InChI is InChI=1S/C9H14N2S/c1-11(2)12-7-8-3-5-9(10)6-4-8/h3-6H,7,10H2,1-2H3. The number of anilines is 1. The molecular weight excluding hydrogens is 168 g/mol. The Hall–Kier alpha value is -0.670. The molecule has 0 aliphatic rings. The number of nitrogens with two attached hydrogens (primary N) is 1. The summed E-state index contributed by atoms with van der Waals surface area (Å²) in [5.74, 6) is 1.01. The van der Waals surface area contributed by atoms with E-state index in [-0.39, 0.29) is 0 Å². The van der Waals surface area contributed by atoms with Crippen molar-refractivity contribution in [2.24, 2.45) is 0 Å². The van der Waals surface area contributed by atoms with Crippen molar-refractivity contribution in [3.63, 3.8) is 0 Å². The summed E-state index contributed by atoms with van der Waals surface area (Å²) in [6, 6.07) is 7.99. The number of hydrogen-bond acceptors (Lipinski definition) is 3. The molecule has 12 heavy (non-hydrogen) atoms. The highest BCUT2D eigenvalue weighted by Gasteiger charge is 1.94. The zero-order chi connectivity index (χ0) is 8.97. The van der Waals surface area contributed by atoms with Gasteiger partial charge in [0.15, 0.2) is 0 Å². The topological polar surface area (TPSA) is 29.3 Å². The van der Waals surface area contributed by atoms with Gasteiger partial charge in [-0.3, -0.25) is 4.31 Å². The molecule has 0 aliphatic carbocycles. The van der Waals surface area contributed by atoms with Crippen molar-refractivity contribution in [3.05, 3.63) is 29.8 Å². The van der Waals surface area contributed by atoms with E-state index in [2.05, 4.69) is 16.4 Å². The number of nitrogen functional groups attached to an aromatic ring is 1. The lowest BCUT2D eigenvalue weighted by atomic mass is 10.2. The highest BCUT2D eigenvalue weighted by Crippen LogP contribution is 2.14. The fourth-order valence-electron chi connectivity index (χ4n) is 0.817. The van der Waals surface area contributed by atoms with E-state index in [1.807, 2.05) is 26.2 Å². The minimum Gasteiger partial charge on any atom is -0.399 e. The Morgan fingerprint density at radius 2 is 1.83 bits per heavy atom. The van der Waals surface area contributed by atoms with E-state index in [1.165, 1.54) is 5.56 Å². The van der Waals surface area contributed by atoms with E-state index < -0.39 is 0 Å². The van der Waals surface area contributed by atoms with Crippen LogP contribution in [0.2, 0.25) is 0 Å². The minimum atomic E-state index is 0.827. The molecule has 1 aromatic rings. The minimum absolute atomic E-state index is 0.827. The first kappa shape index (κ1) is 9.42. The van der Waals surface area contributed by atoms with Gasteiger partial charge in [-0.15, -0.1) is 0 Å². The average Bonchev–Trinajstić information content (AvgIpc) is 2.03. The summed E-state index contributed by atoms with van der Waals surface area (Å²) in [5.41, 5.74) is 7.70. The largest absolute Gasteiger partial charge is 0.399 e. The molecule has 0 atom stereocenters. The van der Waals surface area contributed by atoms with Crippen molar-refractivity contribution in [2.45, 2.75) is 5.75 Å². The highest BCUT2D eigenvalue weighted by molar-refractivity contribution is 7.96. The van der Waals surface area contributed by atoms with Gasteiger partial charge < -0.3 is 5.73 Å². The number of rotatable bonds is 3. The molecule has 0 radical (unpaired) electrons. The molecule has 0 saturated carbocycles. The number of hydrogen-bond donors (Lipinski definition) is 1. The molecule has 1 aromatic carbocycles. The second-order valence-electron chi connectivity index (χ2n) is 2.83. The van der Waals surface area contributed by atoms with Gasteiger partial charge in [0.2, 0.25) is 0 Å². The van der Waals surface area contributed by atoms with E-state index in [0.717, 1.165) is 11.4 Å².